The van der Waals surface area contributed by atoms with E-state index in [9.17, 15) is 4.79 Å². The molecule has 1 atom stereocenters. The first-order valence-corrected chi connectivity index (χ1v) is 8.46. The van der Waals surface area contributed by atoms with Gasteiger partial charge in [-0.25, -0.2) is 0 Å². The van der Waals surface area contributed by atoms with Gasteiger partial charge in [0.25, 0.3) is 5.91 Å². The molecule has 0 aliphatic heterocycles. The van der Waals surface area contributed by atoms with Crippen LogP contribution in [-0.4, -0.2) is 18.6 Å². The van der Waals surface area contributed by atoms with Crippen LogP contribution in [0.3, 0.4) is 0 Å². The van der Waals surface area contributed by atoms with Crippen LogP contribution in [0.25, 0.3) is 0 Å². The number of carbonyl (C=O) groups excluding carboxylic acids is 1. The van der Waals surface area contributed by atoms with Crippen molar-refractivity contribution in [2.45, 2.75) is 39.8 Å². The molecular weight excluding hydrogens is 300 g/mol. The summed E-state index contributed by atoms with van der Waals surface area (Å²) in [7, 11) is 0. The highest BCUT2D eigenvalue weighted by molar-refractivity contribution is 5.94. The lowest BCUT2D eigenvalue weighted by molar-refractivity contribution is -0.122. The van der Waals surface area contributed by atoms with Crippen LogP contribution < -0.4 is 15.4 Å². The maximum absolute atomic E-state index is 12.5. The van der Waals surface area contributed by atoms with Crippen LogP contribution in [0.2, 0.25) is 0 Å². The number of amides is 1. The van der Waals surface area contributed by atoms with Gasteiger partial charge in [-0.15, -0.1) is 0 Å². The summed E-state index contributed by atoms with van der Waals surface area (Å²) in [5.74, 6) is 0.627. The molecule has 4 nitrogen and oxygen atoms in total. The fourth-order valence-corrected chi connectivity index (χ4v) is 2.42. The lowest BCUT2D eigenvalue weighted by atomic mass is 10.1. The van der Waals surface area contributed by atoms with Gasteiger partial charge in [-0.3, -0.25) is 4.79 Å². The third kappa shape index (κ3) is 5.10. The largest absolute Gasteiger partial charge is 0.480 e. The number of hydrogen-bond acceptors (Lipinski definition) is 3. The zero-order valence-electron chi connectivity index (χ0n) is 14.6. The topological polar surface area (TPSA) is 50.4 Å². The molecule has 0 aromatic heterocycles. The fourth-order valence-electron chi connectivity index (χ4n) is 2.42. The van der Waals surface area contributed by atoms with E-state index >= 15 is 0 Å². The van der Waals surface area contributed by atoms with Crippen molar-refractivity contribution in [1.82, 2.24) is 5.32 Å². The molecule has 128 valence electrons. The summed E-state index contributed by atoms with van der Waals surface area (Å²) >= 11 is 0. The zero-order valence-corrected chi connectivity index (χ0v) is 14.6. The van der Waals surface area contributed by atoms with Crippen LogP contribution in [-0.2, 0) is 11.3 Å². The van der Waals surface area contributed by atoms with Crippen molar-refractivity contribution in [3.05, 3.63) is 59.7 Å². The third-order valence-corrected chi connectivity index (χ3v) is 3.80. The van der Waals surface area contributed by atoms with Gasteiger partial charge in [0.15, 0.2) is 6.10 Å². The molecule has 2 N–H and O–H groups in total. The Morgan fingerprint density at radius 3 is 2.62 bits per heavy atom. The summed E-state index contributed by atoms with van der Waals surface area (Å²) in [5, 5.41) is 6.24. The molecule has 0 radical (unpaired) electrons. The number of ether oxygens (including phenoxy) is 1. The van der Waals surface area contributed by atoms with Gasteiger partial charge in [-0.05, 0) is 49.2 Å². The van der Waals surface area contributed by atoms with Crippen LogP contribution in [0.4, 0.5) is 5.69 Å². The van der Waals surface area contributed by atoms with Gasteiger partial charge in [-0.1, -0.05) is 44.2 Å². The second-order valence-electron chi connectivity index (χ2n) is 5.75. The molecule has 2 aromatic rings. The molecule has 0 saturated heterocycles. The van der Waals surface area contributed by atoms with Crippen molar-refractivity contribution in [1.29, 1.82) is 0 Å². The average Bonchev–Trinajstić information content (AvgIpc) is 2.59. The van der Waals surface area contributed by atoms with Gasteiger partial charge in [0.1, 0.15) is 5.75 Å². The quantitative estimate of drug-likeness (QED) is 0.773. The minimum atomic E-state index is -0.511. The molecule has 0 spiro atoms. The third-order valence-electron chi connectivity index (χ3n) is 3.80. The lowest BCUT2D eigenvalue weighted by Crippen LogP contribution is -2.32. The van der Waals surface area contributed by atoms with E-state index in [4.69, 9.17) is 4.74 Å². The van der Waals surface area contributed by atoms with Crippen LogP contribution in [0.1, 0.15) is 31.4 Å². The molecule has 1 unspecified atom stereocenters. The number of nitrogens with one attached hydrogen (secondary N) is 2. The van der Waals surface area contributed by atoms with Gasteiger partial charge >= 0.3 is 0 Å². The van der Waals surface area contributed by atoms with E-state index in [0.29, 0.717) is 6.42 Å². The number of aryl methyl sites for hydroxylation is 1. The summed E-state index contributed by atoms with van der Waals surface area (Å²) in [6, 6.07) is 15.6. The first kappa shape index (κ1) is 18.0. The van der Waals surface area contributed by atoms with Crippen molar-refractivity contribution >= 4 is 11.6 Å². The number of para-hydroxylation sites is 1. The van der Waals surface area contributed by atoms with Crippen LogP contribution >= 0.6 is 0 Å². The highest BCUT2D eigenvalue weighted by Gasteiger charge is 2.19. The highest BCUT2D eigenvalue weighted by Crippen LogP contribution is 2.20. The second-order valence-corrected chi connectivity index (χ2v) is 5.75. The zero-order chi connectivity index (χ0) is 17.4. The Labute approximate surface area is 144 Å². The number of rotatable bonds is 8. The van der Waals surface area contributed by atoms with Gasteiger partial charge < -0.3 is 15.4 Å². The maximum atomic E-state index is 12.5. The minimum absolute atomic E-state index is 0.124. The van der Waals surface area contributed by atoms with Gasteiger partial charge in [0.2, 0.25) is 0 Å². The molecule has 0 aliphatic rings. The van der Waals surface area contributed by atoms with E-state index in [1.54, 1.807) is 0 Å². The van der Waals surface area contributed by atoms with Crippen molar-refractivity contribution in [2.75, 3.05) is 11.9 Å². The molecule has 4 heteroatoms. The Morgan fingerprint density at radius 1 is 1.12 bits per heavy atom. The number of hydrogen-bond donors (Lipinski definition) is 2. The van der Waals surface area contributed by atoms with Crippen LogP contribution in [0.15, 0.2) is 48.5 Å². The standard InChI is InChI=1S/C20H26N2O2/c1-4-18(24-19-12-7-6-9-15(19)3)20(23)22-17-11-8-10-16(13-17)14-21-5-2/h6-13,18,21H,4-5,14H2,1-3H3,(H,22,23). The monoisotopic (exact) mass is 326 g/mol. The second kappa shape index (κ2) is 9.08. The fraction of sp³-hybridized carbons (Fsp3) is 0.350. The number of anilines is 1. The van der Waals surface area contributed by atoms with Crippen molar-refractivity contribution in [3.63, 3.8) is 0 Å². The Morgan fingerprint density at radius 2 is 1.92 bits per heavy atom. The molecule has 0 aliphatic carbocycles. The normalized spacial score (nSPS) is 11.8. The first-order chi connectivity index (χ1) is 11.6. The summed E-state index contributed by atoms with van der Waals surface area (Å²) in [6.45, 7) is 7.70. The number of carbonyl (C=O) groups is 1. The van der Waals surface area contributed by atoms with E-state index in [1.165, 1.54) is 0 Å². The molecule has 0 fully saturated rings. The Kier molecular flexibility index (Phi) is 6.82. The van der Waals surface area contributed by atoms with E-state index in [-0.39, 0.29) is 5.91 Å². The van der Waals surface area contributed by atoms with Crippen molar-refractivity contribution in [2.24, 2.45) is 0 Å². The SMILES string of the molecule is CCNCc1cccc(NC(=O)C(CC)Oc2ccccc2C)c1. The van der Waals surface area contributed by atoms with Crippen LogP contribution in [0.5, 0.6) is 5.75 Å². The molecular formula is C20H26N2O2. The summed E-state index contributed by atoms with van der Waals surface area (Å²) in [5.41, 5.74) is 2.96. The summed E-state index contributed by atoms with van der Waals surface area (Å²) in [4.78, 5) is 12.5. The van der Waals surface area contributed by atoms with E-state index in [1.807, 2.05) is 62.4 Å². The van der Waals surface area contributed by atoms with E-state index < -0.39 is 6.10 Å². The average molecular weight is 326 g/mol. The highest BCUT2D eigenvalue weighted by atomic mass is 16.5. The van der Waals surface area contributed by atoms with E-state index in [0.717, 1.165) is 35.7 Å². The Balaban J connectivity index is 2.03. The molecule has 2 aromatic carbocycles. The van der Waals surface area contributed by atoms with Gasteiger partial charge in [-0.2, -0.15) is 0 Å². The molecule has 0 bridgehead atoms. The lowest BCUT2D eigenvalue weighted by Gasteiger charge is -2.18. The Hall–Kier alpha value is -2.33. The minimum Gasteiger partial charge on any atom is -0.480 e. The van der Waals surface area contributed by atoms with Crippen molar-refractivity contribution in [3.8, 4) is 5.75 Å². The Bertz CT molecular complexity index is 670. The van der Waals surface area contributed by atoms with Crippen LogP contribution in [0, 0.1) is 6.92 Å². The van der Waals surface area contributed by atoms with Crippen molar-refractivity contribution < 1.29 is 9.53 Å². The van der Waals surface area contributed by atoms with Gasteiger partial charge in [0.05, 0.1) is 0 Å². The first-order valence-electron chi connectivity index (χ1n) is 8.46. The summed E-state index contributed by atoms with van der Waals surface area (Å²) < 4.78 is 5.90. The molecule has 0 heterocycles. The molecule has 0 saturated carbocycles. The molecule has 1 amide bonds. The summed E-state index contributed by atoms with van der Waals surface area (Å²) in [6.07, 6.45) is 0.0978. The molecule has 24 heavy (non-hydrogen) atoms. The predicted molar refractivity (Wildman–Crippen MR) is 98.3 cm³/mol. The predicted octanol–water partition coefficient (Wildman–Crippen LogP) is 3.90. The number of benzene rings is 2. The van der Waals surface area contributed by atoms with Gasteiger partial charge in [0, 0.05) is 12.2 Å². The smallest absolute Gasteiger partial charge is 0.265 e. The van der Waals surface area contributed by atoms with E-state index in [2.05, 4.69) is 17.6 Å². The maximum Gasteiger partial charge on any atom is 0.265 e. The molecule has 2 rings (SSSR count).